The lowest BCUT2D eigenvalue weighted by Gasteiger charge is -2.36. The molecule has 2 atom stereocenters. The summed E-state index contributed by atoms with van der Waals surface area (Å²) in [5.74, 6) is 0. The highest BCUT2D eigenvalue weighted by Crippen LogP contribution is 2.26. The van der Waals surface area contributed by atoms with Gasteiger partial charge in [0.05, 0.1) is 6.61 Å². The molecule has 0 bridgehead atoms. The van der Waals surface area contributed by atoms with Crippen molar-refractivity contribution in [1.82, 2.24) is 9.80 Å². The van der Waals surface area contributed by atoms with Crippen LogP contribution in [0.15, 0.2) is 0 Å². The van der Waals surface area contributed by atoms with Gasteiger partial charge in [-0.05, 0) is 39.8 Å². The van der Waals surface area contributed by atoms with E-state index in [-0.39, 0.29) is 0 Å². The maximum atomic E-state index is 9.58. The van der Waals surface area contributed by atoms with Crippen LogP contribution in [0.25, 0.3) is 0 Å². The molecule has 0 aromatic heterocycles. The molecule has 0 radical (unpaired) electrons. The first kappa shape index (κ1) is 14.3. The van der Waals surface area contributed by atoms with Crippen LogP contribution in [0, 0.1) is 0 Å². The zero-order valence-corrected chi connectivity index (χ0v) is 12.1. The third kappa shape index (κ3) is 3.46. The van der Waals surface area contributed by atoms with E-state index >= 15 is 0 Å². The Kier molecular flexibility index (Phi) is 5.46. The van der Waals surface area contributed by atoms with Crippen molar-refractivity contribution in [2.45, 2.75) is 70.0 Å². The van der Waals surface area contributed by atoms with E-state index in [1.165, 1.54) is 44.9 Å². The lowest BCUT2D eigenvalue weighted by molar-refractivity contribution is 0.0900. The van der Waals surface area contributed by atoms with Crippen molar-refractivity contribution in [2.75, 3.05) is 26.7 Å². The molecule has 0 amide bonds. The Labute approximate surface area is 112 Å². The minimum Gasteiger partial charge on any atom is -0.395 e. The molecule has 18 heavy (non-hydrogen) atoms. The fourth-order valence-corrected chi connectivity index (χ4v) is 3.60. The van der Waals surface area contributed by atoms with Crippen LogP contribution in [0.1, 0.15) is 51.9 Å². The van der Waals surface area contributed by atoms with Crippen LogP contribution in [-0.2, 0) is 0 Å². The lowest BCUT2D eigenvalue weighted by atomic mass is 10.0. The van der Waals surface area contributed by atoms with E-state index in [4.69, 9.17) is 0 Å². The molecule has 1 saturated heterocycles. The average Bonchev–Trinajstić information content (AvgIpc) is 2.71. The Hall–Kier alpha value is -0.120. The molecular formula is C15H30N2O. The topological polar surface area (TPSA) is 26.7 Å². The van der Waals surface area contributed by atoms with Gasteiger partial charge in [0.2, 0.25) is 0 Å². The van der Waals surface area contributed by atoms with Crippen LogP contribution in [0.4, 0.5) is 0 Å². The Bertz CT molecular complexity index is 239. The summed E-state index contributed by atoms with van der Waals surface area (Å²) >= 11 is 0. The summed E-state index contributed by atoms with van der Waals surface area (Å²) in [6.45, 7) is 4.85. The first-order valence-corrected chi connectivity index (χ1v) is 7.79. The molecule has 2 rings (SSSR count). The van der Waals surface area contributed by atoms with Crippen molar-refractivity contribution in [3.05, 3.63) is 0 Å². The Morgan fingerprint density at radius 1 is 1.06 bits per heavy atom. The predicted molar refractivity (Wildman–Crippen MR) is 75.8 cm³/mol. The van der Waals surface area contributed by atoms with Crippen LogP contribution >= 0.6 is 0 Å². The van der Waals surface area contributed by atoms with Crippen molar-refractivity contribution in [3.8, 4) is 0 Å². The van der Waals surface area contributed by atoms with Crippen molar-refractivity contribution < 1.29 is 5.11 Å². The molecule has 1 saturated carbocycles. The Balaban J connectivity index is 2.02. The molecule has 1 aliphatic heterocycles. The average molecular weight is 254 g/mol. The van der Waals surface area contributed by atoms with Gasteiger partial charge in [0, 0.05) is 24.7 Å². The highest BCUT2D eigenvalue weighted by Gasteiger charge is 2.30. The standard InChI is InChI=1S/C15H30N2O/c1-13-9-10-16(2)15(12-18)11-17(13)14-7-5-3-4-6-8-14/h13-15,18H,3-12H2,1-2H3. The van der Waals surface area contributed by atoms with Gasteiger partial charge < -0.3 is 5.11 Å². The zero-order chi connectivity index (χ0) is 13.0. The lowest BCUT2D eigenvalue weighted by Crippen LogP contribution is -2.47. The molecule has 106 valence electrons. The normalized spacial score (nSPS) is 34.2. The van der Waals surface area contributed by atoms with E-state index in [0.29, 0.717) is 18.7 Å². The molecule has 0 aromatic rings. The summed E-state index contributed by atoms with van der Waals surface area (Å²) in [4.78, 5) is 5.04. The summed E-state index contributed by atoms with van der Waals surface area (Å²) in [5.41, 5.74) is 0. The highest BCUT2D eigenvalue weighted by atomic mass is 16.3. The van der Waals surface area contributed by atoms with Gasteiger partial charge in [0.1, 0.15) is 0 Å². The summed E-state index contributed by atoms with van der Waals surface area (Å²) in [7, 11) is 2.16. The van der Waals surface area contributed by atoms with E-state index in [0.717, 1.165) is 19.1 Å². The van der Waals surface area contributed by atoms with E-state index in [1.807, 2.05) is 0 Å². The third-order valence-electron chi connectivity index (χ3n) is 5.02. The van der Waals surface area contributed by atoms with E-state index in [1.54, 1.807) is 0 Å². The SMILES string of the molecule is CC1CCN(C)C(CO)CN1C1CCCCCC1. The molecule has 2 unspecified atom stereocenters. The first-order valence-electron chi connectivity index (χ1n) is 7.79. The molecule has 1 N–H and O–H groups in total. The molecule has 1 heterocycles. The van der Waals surface area contributed by atoms with E-state index < -0.39 is 0 Å². The Morgan fingerprint density at radius 2 is 1.72 bits per heavy atom. The zero-order valence-electron chi connectivity index (χ0n) is 12.1. The van der Waals surface area contributed by atoms with Crippen LogP contribution in [0.3, 0.4) is 0 Å². The summed E-state index contributed by atoms with van der Waals surface area (Å²) in [5, 5.41) is 9.58. The molecule has 1 aliphatic carbocycles. The number of hydrogen-bond acceptors (Lipinski definition) is 3. The molecular weight excluding hydrogens is 224 g/mol. The van der Waals surface area contributed by atoms with Gasteiger partial charge in [-0.2, -0.15) is 0 Å². The second-order valence-corrected chi connectivity index (χ2v) is 6.30. The number of rotatable bonds is 2. The van der Waals surface area contributed by atoms with E-state index in [2.05, 4.69) is 23.8 Å². The minimum absolute atomic E-state index is 0.298. The molecule has 2 fully saturated rings. The third-order valence-corrected chi connectivity index (χ3v) is 5.02. The molecule has 3 heteroatoms. The second-order valence-electron chi connectivity index (χ2n) is 6.30. The smallest absolute Gasteiger partial charge is 0.0599 e. The highest BCUT2D eigenvalue weighted by molar-refractivity contribution is 4.86. The predicted octanol–water partition coefficient (Wildman–Crippen LogP) is 2.10. The number of hydrogen-bond donors (Lipinski definition) is 1. The number of aliphatic hydroxyl groups is 1. The van der Waals surface area contributed by atoms with Crippen LogP contribution < -0.4 is 0 Å². The van der Waals surface area contributed by atoms with Gasteiger partial charge in [-0.3, -0.25) is 9.80 Å². The van der Waals surface area contributed by atoms with Crippen LogP contribution in [-0.4, -0.2) is 59.8 Å². The Morgan fingerprint density at radius 3 is 2.33 bits per heavy atom. The first-order chi connectivity index (χ1) is 8.72. The van der Waals surface area contributed by atoms with Crippen LogP contribution in [0.2, 0.25) is 0 Å². The monoisotopic (exact) mass is 254 g/mol. The largest absolute Gasteiger partial charge is 0.395 e. The summed E-state index contributed by atoms with van der Waals surface area (Å²) < 4.78 is 0. The number of aliphatic hydroxyl groups excluding tert-OH is 1. The van der Waals surface area contributed by atoms with Gasteiger partial charge >= 0.3 is 0 Å². The van der Waals surface area contributed by atoms with Gasteiger partial charge in [-0.1, -0.05) is 25.7 Å². The summed E-state index contributed by atoms with van der Waals surface area (Å²) in [6.07, 6.45) is 9.60. The number of likely N-dealkylation sites (N-methyl/N-ethyl adjacent to an activating group) is 1. The maximum absolute atomic E-state index is 9.58. The summed E-state index contributed by atoms with van der Waals surface area (Å²) in [6, 6.07) is 1.77. The minimum atomic E-state index is 0.298. The fourth-order valence-electron chi connectivity index (χ4n) is 3.60. The van der Waals surface area contributed by atoms with Crippen LogP contribution in [0.5, 0.6) is 0 Å². The van der Waals surface area contributed by atoms with E-state index in [9.17, 15) is 5.11 Å². The van der Waals surface area contributed by atoms with Gasteiger partial charge in [-0.15, -0.1) is 0 Å². The van der Waals surface area contributed by atoms with Gasteiger partial charge in [0.15, 0.2) is 0 Å². The van der Waals surface area contributed by atoms with Gasteiger partial charge in [-0.25, -0.2) is 0 Å². The van der Waals surface area contributed by atoms with Crippen molar-refractivity contribution in [1.29, 1.82) is 0 Å². The molecule has 3 nitrogen and oxygen atoms in total. The van der Waals surface area contributed by atoms with Crippen molar-refractivity contribution in [2.24, 2.45) is 0 Å². The maximum Gasteiger partial charge on any atom is 0.0599 e. The quantitative estimate of drug-likeness (QED) is 0.765. The fraction of sp³-hybridized carbons (Fsp3) is 1.00. The molecule has 0 aromatic carbocycles. The molecule has 0 spiro atoms. The molecule has 2 aliphatic rings. The number of nitrogens with zero attached hydrogens (tertiary/aromatic N) is 2. The van der Waals surface area contributed by atoms with Gasteiger partial charge in [0.25, 0.3) is 0 Å². The second kappa shape index (κ2) is 6.88. The van der Waals surface area contributed by atoms with Crippen molar-refractivity contribution >= 4 is 0 Å². The van der Waals surface area contributed by atoms with Crippen molar-refractivity contribution in [3.63, 3.8) is 0 Å².